The van der Waals surface area contributed by atoms with Gasteiger partial charge in [0.15, 0.2) is 5.82 Å². The number of nitrogens with zero attached hydrogens (tertiary/aromatic N) is 3. The molecule has 1 aliphatic heterocycles. The van der Waals surface area contributed by atoms with Crippen molar-refractivity contribution in [3.05, 3.63) is 47.5 Å². The van der Waals surface area contributed by atoms with Crippen LogP contribution < -0.4 is 0 Å². The molecule has 0 spiro atoms. The van der Waals surface area contributed by atoms with Crippen molar-refractivity contribution in [2.45, 2.75) is 25.8 Å². The second-order valence-corrected chi connectivity index (χ2v) is 4.33. The highest BCUT2D eigenvalue weighted by Crippen LogP contribution is 2.15. The molecule has 1 aromatic carbocycles. The van der Waals surface area contributed by atoms with E-state index < -0.39 is 0 Å². The van der Waals surface area contributed by atoms with Crippen molar-refractivity contribution in [2.75, 3.05) is 0 Å². The van der Waals surface area contributed by atoms with Gasteiger partial charge < -0.3 is 4.57 Å². The van der Waals surface area contributed by atoms with Crippen molar-refractivity contribution in [3.8, 4) is 0 Å². The minimum Gasteiger partial charge on any atom is -0.312 e. The fraction of sp³-hybridized carbons (Fsp3) is 0.286. The summed E-state index contributed by atoms with van der Waals surface area (Å²) < 4.78 is 2.23. The second kappa shape index (κ2) is 4.53. The maximum Gasteiger partial charge on any atom is 0.156 e. The predicted molar refractivity (Wildman–Crippen MR) is 68.3 cm³/mol. The van der Waals surface area contributed by atoms with Crippen LogP contribution >= 0.6 is 0 Å². The fourth-order valence-corrected chi connectivity index (χ4v) is 2.19. The van der Waals surface area contributed by atoms with Gasteiger partial charge in [0.05, 0.1) is 0 Å². The summed E-state index contributed by atoms with van der Waals surface area (Å²) in [6.07, 6.45) is 7.67. The molecule has 0 atom stereocenters. The molecule has 0 aliphatic carbocycles. The summed E-state index contributed by atoms with van der Waals surface area (Å²) in [5.41, 5.74) is 1.20. The lowest BCUT2D eigenvalue weighted by Gasteiger charge is -2.13. The van der Waals surface area contributed by atoms with Gasteiger partial charge in [-0.25, -0.2) is 0 Å². The van der Waals surface area contributed by atoms with Crippen molar-refractivity contribution < 1.29 is 0 Å². The number of rotatable bonds is 2. The number of aromatic nitrogens is 3. The first kappa shape index (κ1) is 10.3. The zero-order chi connectivity index (χ0) is 11.5. The lowest BCUT2D eigenvalue weighted by atomic mass is 10.1. The Morgan fingerprint density at radius 1 is 1.00 bits per heavy atom. The van der Waals surface area contributed by atoms with Gasteiger partial charge in [-0.2, -0.15) is 0 Å². The van der Waals surface area contributed by atoms with Crippen molar-refractivity contribution in [2.24, 2.45) is 0 Å². The normalized spacial score (nSPS) is 15.1. The van der Waals surface area contributed by atoms with E-state index in [4.69, 9.17) is 0 Å². The first-order valence-corrected chi connectivity index (χ1v) is 6.09. The summed E-state index contributed by atoms with van der Waals surface area (Å²) in [4.78, 5) is 0. The van der Waals surface area contributed by atoms with Gasteiger partial charge in [-0.3, -0.25) is 0 Å². The zero-order valence-electron chi connectivity index (χ0n) is 9.71. The van der Waals surface area contributed by atoms with Gasteiger partial charge in [0.1, 0.15) is 5.82 Å². The van der Waals surface area contributed by atoms with Crippen molar-refractivity contribution in [1.29, 1.82) is 0 Å². The lowest BCUT2D eigenvalue weighted by Crippen LogP contribution is -2.11. The highest BCUT2D eigenvalue weighted by atomic mass is 15.3. The van der Waals surface area contributed by atoms with Crippen LogP contribution in [-0.4, -0.2) is 14.8 Å². The molecule has 0 unspecified atom stereocenters. The van der Waals surface area contributed by atoms with E-state index in [1.54, 1.807) is 0 Å². The van der Waals surface area contributed by atoms with Crippen LogP contribution in [0.2, 0.25) is 0 Å². The maximum absolute atomic E-state index is 4.24. The summed E-state index contributed by atoms with van der Waals surface area (Å²) >= 11 is 0. The third-order valence-electron chi connectivity index (χ3n) is 3.11. The van der Waals surface area contributed by atoms with Gasteiger partial charge in [-0.05, 0) is 24.5 Å². The Morgan fingerprint density at radius 3 is 2.76 bits per heavy atom. The number of aryl methyl sites for hydroxylation is 1. The molecule has 1 aliphatic rings. The molecule has 86 valence electrons. The van der Waals surface area contributed by atoms with E-state index in [2.05, 4.69) is 39.0 Å². The molecule has 1 aromatic heterocycles. The highest BCUT2D eigenvalue weighted by Gasteiger charge is 2.13. The van der Waals surface area contributed by atoms with Gasteiger partial charge in [-0.15, -0.1) is 10.2 Å². The summed E-state index contributed by atoms with van der Waals surface area (Å²) in [6, 6.07) is 10.3. The number of hydrogen-bond donors (Lipinski definition) is 0. The third kappa shape index (κ3) is 2.13. The molecule has 0 N–H and O–H groups in total. The van der Waals surface area contributed by atoms with Crippen LogP contribution in [0.25, 0.3) is 12.2 Å². The molecule has 2 heterocycles. The van der Waals surface area contributed by atoms with Crippen LogP contribution in [0.3, 0.4) is 0 Å². The molecule has 0 radical (unpaired) electrons. The first-order chi connectivity index (χ1) is 8.43. The van der Waals surface area contributed by atoms with Crippen molar-refractivity contribution in [1.82, 2.24) is 14.8 Å². The first-order valence-electron chi connectivity index (χ1n) is 6.09. The van der Waals surface area contributed by atoms with E-state index in [0.29, 0.717) is 0 Å². The van der Waals surface area contributed by atoms with E-state index in [9.17, 15) is 0 Å². The van der Waals surface area contributed by atoms with Gasteiger partial charge in [0.2, 0.25) is 0 Å². The predicted octanol–water partition coefficient (Wildman–Crippen LogP) is 2.78. The van der Waals surface area contributed by atoms with Crippen LogP contribution in [-0.2, 0) is 13.0 Å². The highest BCUT2D eigenvalue weighted by molar-refractivity contribution is 5.66. The van der Waals surface area contributed by atoms with Crippen molar-refractivity contribution >= 4 is 12.2 Å². The Balaban J connectivity index is 1.86. The summed E-state index contributed by atoms with van der Waals surface area (Å²) in [5.74, 6) is 2.10. The van der Waals surface area contributed by atoms with Crippen LogP contribution in [0.1, 0.15) is 30.1 Å². The summed E-state index contributed by atoms with van der Waals surface area (Å²) in [7, 11) is 0. The molecule has 0 amide bonds. The molecular formula is C14H15N3. The molecule has 2 aromatic rings. The second-order valence-electron chi connectivity index (χ2n) is 4.33. The molecule has 0 saturated heterocycles. The molecule has 0 fully saturated rings. The SMILES string of the molecule is C(=C\c1nnc2n1CCCC2)/c1ccccc1. The molecular weight excluding hydrogens is 210 g/mol. The quantitative estimate of drug-likeness (QED) is 0.786. The average Bonchev–Trinajstić information content (AvgIpc) is 2.81. The Morgan fingerprint density at radius 2 is 1.88 bits per heavy atom. The largest absolute Gasteiger partial charge is 0.312 e. The van der Waals surface area contributed by atoms with Gasteiger partial charge in [0, 0.05) is 13.0 Å². The standard InChI is InChI=1S/C14H15N3/c1-2-6-12(7-3-1)9-10-14-16-15-13-8-4-5-11-17(13)14/h1-3,6-7,9-10H,4-5,8,11H2/b10-9+. The lowest BCUT2D eigenvalue weighted by molar-refractivity contribution is 0.520. The monoisotopic (exact) mass is 225 g/mol. The molecule has 17 heavy (non-hydrogen) atoms. The molecule has 3 nitrogen and oxygen atoms in total. The van der Waals surface area contributed by atoms with Gasteiger partial charge in [-0.1, -0.05) is 36.4 Å². The van der Waals surface area contributed by atoms with E-state index in [1.807, 2.05) is 18.2 Å². The van der Waals surface area contributed by atoms with E-state index in [0.717, 1.165) is 24.6 Å². The minimum atomic E-state index is 0.976. The maximum atomic E-state index is 4.24. The number of benzene rings is 1. The Hall–Kier alpha value is -1.90. The Bertz CT molecular complexity index is 526. The van der Waals surface area contributed by atoms with Gasteiger partial charge in [0.25, 0.3) is 0 Å². The van der Waals surface area contributed by atoms with Crippen LogP contribution in [0.15, 0.2) is 30.3 Å². The zero-order valence-corrected chi connectivity index (χ0v) is 9.71. The molecule has 3 rings (SSSR count). The smallest absolute Gasteiger partial charge is 0.156 e. The summed E-state index contributed by atoms with van der Waals surface area (Å²) in [5, 5.41) is 8.47. The molecule has 3 heteroatoms. The van der Waals surface area contributed by atoms with Crippen molar-refractivity contribution in [3.63, 3.8) is 0 Å². The Kier molecular flexibility index (Phi) is 2.74. The fourth-order valence-electron chi connectivity index (χ4n) is 2.19. The van der Waals surface area contributed by atoms with E-state index >= 15 is 0 Å². The van der Waals surface area contributed by atoms with Crippen LogP contribution in [0.4, 0.5) is 0 Å². The van der Waals surface area contributed by atoms with Crippen LogP contribution in [0.5, 0.6) is 0 Å². The van der Waals surface area contributed by atoms with E-state index in [-0.39, 0.29) is 0 Å². The number of hydrogen-bond acceptors (Lipinski definition) is 2. The molecule has 0 saturated carbocycles. The topological polar surface area (TPSA) is 30.7 Å². The third-order valence-corrected chi connectivity index (χ3v) is 3.11. The molecule has 0 bridgehead atoms. The number of fused-ring (bicyclic) bond motifs is 1. The average molecular weight is 225 g/mol. The minimum absolute atomic E-state index is 0.976. The Labute approximate surface area is 101 Å². The van der Waals surface area contributed by atoms with Crippen LogP contribution in [0, 0.1) is 0 Å². The summed E-state index contributed by atoms with van der Waals surface area (Å²) in [6.45, 7) is 1.05. The van der Waals surface area contributed by atoms with Gasteiger partial charge >= 0.3 is 0 Å². The van der Waals surface area contributed by atoms with E-state index in [1.165, 1.54) is 18.4 Å².